The first-order valence-electron chi connectivity index (χ1n) is 8.42. The van der Waals surface area contributed by atoms with E-state index in [0.29, 0.717) is 32.1 Å². The number of carbonyl (C=O) groups excluding carboxylic acids is 2. The van der Waals surface area contributed by atoms with E-state index in [2.05, 4.69) is 13.8 Å². The van der Waals surface area contributed by atoms with Crippen molar-refractivity contribution >= 4 is 11.8 Å². The Bertz CT molecular complexity index is 414. The number of likely N-dealkylation sites (tertiary alicyclic amines) is 1. The van der Waals surface area contributed by atoms with Gasteiger partial charge >= 0.3 is 0 Å². The number of amides is 2. The van der Waals surface area contributed by atoms with Crippen molar-refractivity contribution in [1.82, 2.24) is 9.80 Å². The minimum atomic E-state index is -0.0763. The van der Waals surface area contributed by atoms with Gasteiger partial charge in [0.15, 0.2) is 0 Å². The summed E-state index contributed by atoms with van der Waals surface area (Å²) in [5, 5.41) is 0. The van der Waals surface area contributed by atoms with E-state index < -0.39 is 0 Å². The van der Waals surface area contributed by atoms with Crippen LogP contribution in [0.25, 0.3) is 0 Å². The lowest BCUT2D eigenvalue weighted by molar-refractivity contribution is -0.138. The van der Waals surface area contributed by atoms with Gasteiger partial charge in [-0.1, -0.05) is 13.8 Å². The highest BCUT2D eigenvalue weighted by Crippen LogP contribution is 2.45. The molecule has 2 amide bonds. The molecule has 0 N–H and O–H groups in total. The molecule has 0 aromatic rings. The Morgan fingerprint density at radius 3 is 2.45 bits per heavy atom. The highest BCUT2D eigenvalue weighted by Gasteiger charge is 2.51. The fourth-order valence-corrected chi connectivity index (χ4v) is 3.67. The summed E-state index contributed by atoms with van der Waals surface area (Å²) in [7, 11) is 3.61. The summed E-state index contributed by atoms with van der Waals surface area (Å²) in [6.45, 7) is 6.97. The third-order valence-corrected chi connectivity index (χ3v) is 5.16. The number of rotatable bonds is 4. The van der Waals surface area contributed by atoms with Gasteiger partial charge in [0, 0.05) is 52.2 Å². The van der Waals surface area contributed by atoms with Gasteiger partial charge in [-0.3, -0.25) is 9.59 Å². The van der Waals surface area contributed by atoms with Crippen LogP contribution in [0.1, 0.15) is 39.5 Å². The minimum Gasteiger partial charge on any atom is -0.381 e. The largest absolute Gasteiger partial charge is 0.381 e. The maximum Gasteiger partial charge on any atom is 0.227 e. The average molecular weight is 310 g/mol. The van der Waals surface area contributed by atoms with Crippen LogP contribution in [0.5, 0.6) is 0 Å². The molecule has 2 heterocycles. The molecule has 5 heteroatoms. The number of carbonyl (C=O) groups is 2. The van der Waals surface area contributed by atoms with Gasteiger partial charge in [0.1, 0.15) is 0 Å². The van der Waals surface area contributed by atoms with Crippen LogP contribution in [0.15, 0.2) is 0 Å². The SMILES string of the molecule is CC(C)CCC(=O)N1CC(C(=O)N(C)C)C2(CCOCC2)C1. The molecule has 1 unspecified atom stereocenters. The molecule has 2 aliphatic rings. The highest BCUT2D eigenvalue weighted by atomic mass is 16.5. The van der Waals surface area contributed by atoms with Crippen LogP contribution >= 0.6 is 0 Å². The molecule has 2 rings (SSSR count). The van der Waals surface area contributed by atoms with Crippen LogP contribution < -0.4 is 0 Å². The zero-order valence-corrected chi connectivity index (χ0v) is 14.4. The van der Waals surface area contributed by atoms with Gasteiger partial charge < -0.3 is 14.5 Å². The second-order valence-corrected chi connectivity index (χ2v) is 7.47. The topological polar surface area (TPSA) is 49.9 Å². The van der Waals surface area contributed by atoms with Crippen molar-refractivity contribution in [2.75, 3.05) is 40.4 Å². The van der Waals surface area contributed by atoms with E-state index in [1.54, 1.807) is 19.0 Å². The predicted molar refractivity (Wildman–Crippen MR) is 85.3 cm³/mol. The van der Waals surface area contributed by atoms with E-state index in [1.165, 1.54) is 0 Å². The summed E-state index contributed by atoms with van der Waals surface area (Å²) in [6.07, 6.45) is 3.27. The fraction of sp³-hybridized carbons (Fsp3) is 0.882. The third kappa shape index (κ3) is 3.62. The van der Waals surface area contributed by atoms with Crippen molar-refractivity contribution in [3.8, 4) is 0 Å². The zero-order valence-electron chi connectivity index (χ0n) is 14.4. The molecule has 1 atom stereocenters. The molecule has 2 fully saturated rings. The maximum absolute atomic E-state index is 12.6. The fourth-order valence-electron chi connectivity index (χ4n) is 3.67. The molecule has 0 bridgehead atoms. The molecule has 5 nitrogen and oxygen atoms in total. The maximum atomic E-state index is 12.6. The van der Waals surface area contributed by atoms with Crippen molar-refractivity contribution in [2.45, 2.75) is 39.5 Å². The summed E-state index contributed by atoms with van der Waals surface area (Å²) in [4.78, 5) is 28.7. The second kappa shape index (κ2) is 6.99. The van der Waals surface area contributed by atoms with E-state index in [9.17, 15) is 9.59 Å². The highest BCUT2D eigenvalue weighted by molar-refractivity contribution is 5.83. The van der Waals surface area contributed by atoms with Gasteiger partial charge in [-0.2, -0.15) is 0 Å². The van der Waals surface area contributed by atoms with Crippen molar-refractivity contribution < 1.29 is 14.3 Å². The van der Waals surface area contributed by atoms with Crippen molar-refractivity contribution in [1.29, 1.82) is 0 Å². The van der Waals surface area contributed by atoms with E-state index in [1.807, 2.05) is 4.90 Å². The third-order valence-electron chi connectivity index (χ3n) is 5.16. The quantitative estimate of drug-likeness (QED) is 0.795. The van der Waals surface area contributed by atoms with Gasteiger partial charge in [0.25, 0.3) is 0 Å². The Kier molecular flexibility index (Phi) is 5.48. The number of hydrogen-bond donors (Lipinski definition) is 0. The van der Waals surface area contributed by atoms with Crippen LogP contribution in [0.3, 0.4) is 0 Å². The summed E-state index contributed by atoms with van der Waals surface area (Å²) < 4.78 is 5.49. The Morgan fingerprint density at radius 2 is 1.91 bits per heavy atom. The Balaban J connectivity index is 2.10. The van der Waals surface area contributed by atoms with Gasteiger partial charge in [0.2, 0.25) is 11.8 Å². The smallest absolute Gasteiger partial charge is 0.227 e. The molecule has 126 valence electrons. The molecule has 0 aliphatic carbocycles. The number of hydrogen-bond acceptors (Lipinski definition) is 3. The lowest BCUT2D eigenvalue weighted by Crippen LogP contribution is -2.44. The number of ether oxygens (including phenoxy) is 1. The van der Waals surface area contributed by atoms with E-state index in [-0.39, 0.29) is 23.1 Å². The molecule has 0 saturated carbocycles. The molecular formula is C17H30N2O3. The first kappa shape index (κ1) is 17.3. The average Bonchev–Trinajstić information content (AvgIpc) is 2.83. The van der Waals surface area contributed by atoms with Crippen LogP contribution in [0, 0.1) is 17.3 Å². The molecular weight excluding hydrogens is 280 g/mol. The van der Waals surface area contributed by atoms with Crippen molar-refractivity contribution in [2.24, 2.45) is 17.3 Å². The Morgan fingerprint density at radius 1 is 1.27 bits per heavy atom. The van der Waals surface area contributed by atoms with E-state index in [4.69, 9.17) is 4.74 Å². The standard InChI is InChI=1S/C17H30N2O3/c1-13(2)5-6-15(20)19-11-14(16(21)18(3)4)17(12-19)7-9-22-10-8-17/h13-14H,5-12H2,1-4H3. The van der Waals surface area contributed by atoms with Gasteiger partial charge in [-0.25, -0.2) is 0 Å². The van der Waals surface area contributed by atoms with Crippen LogP contribution in [0.2, 0.25) is 0 Å². The van der Waals surface area contributed by atoms with Crippen molar-refractivity contribution in [3.63, 3.8) is 0 Å². The van der Waals surface area contributed by atoms with E-state index in [0.717, 1.165) is 25.8 Å². The number of nitrogens with zero attached hydrogens (tertiary/aromatic N) is 2. The summed E-state index contributed by atoms with van der Waals surface area (Å²) in [5.41, 5.74) is -0.0763. The van der Waals surface area contributed by atoms with Crippen LogP contribution in [-0.2, 0) is 14.3 Å². The van der Waals surface area contributed by atoms with Gasteiger partial charge in [-0.15, -0.1) is 0 Å². The molecule has 1 spiro atoms. The normalized spacial score (nSPS) is 24.0. The lowest BCUT2D eigenvalue weighted by atomic mass is 9.71. The van der Waals surface area contributed by atoms with Crippen LogP contribution in [-0.4, -0.2) is 62.0 Å². The molecule has 0 radical (unpaired) electrons. The molecule has 22 heavy (non-hydrogen) atoms. The second-order valence-electron chi connectivity index (χ2n) is 7.47. The molecule has 0 aromatic heterocycles. The Labute approximate surface area is 134 Å². The van der Waals surface area contributed by atoms with Crippen molar-refractivity contribution in [3.05, 3.63) is 0 Å². The Hall–Kier alpha value is -1.10. The molecule has 0 aromatic carbocycles. The first-order chi connectivity index (χ1) is 10.4. The summed E-state index contributed by atoms with van der Waals surface area (Å²) in [6, 6.07) is 0. The van der Waals surface area contributed by atoms with Crippen LogP contribution in [0.4, 0.5) is 0 Å². The zero-order chi connectivity index (χ0) is 16.3. The monoisotopic (exact) mass is 310 g/mol. The van der Waals surface area contributed by atoms with Gasteiger partial charge in [-0.05, 0) is 25.2 Å². The summed E-state index contributed by atoms with van der Waals surface area (Å²) >= 11 is 0. The first-order valence-corrected chi connectivity index (χ1v) is 8.42. The molecule has 2 saturated heterocycles. The van der Waals surface area contributed by atoms with Gasteiger partial charge in [0.05, 0.1) is 5.92 Å². The summed E-state index contributed by atoms with van der Waals surface area (Å²) in [5.74, 6) is 0.812. The lowest BCUT2D eigenvalue weighted by Gasteiger charge is -2.37. The minimum absolute atomic E-state index is 0.0746. The van der Waals surface area contributed by atoms with E-state index >= 15 is 0 Å². The predicted octanol–water partition coefficient (Wildman–Crippen LogP) is 1.77. The molecule has 2 aliphatic heterocycles.